The molecule has 0 heterocycles. The molecule has 1 unspecified atom stereocenters. The van der Waals surface area contributed by atoms with E-state index in [9.17, 15) is 14.4 Å². The first kappa shape index (κ1) is 23.6. The lowest BCUT2D eigenvalue weighted by Gasteiger charge is -2.21. The van der Waals surface area contributed by atoms with Crippen LogP contribution in [0.5, 0.6) is 0 Å². The minimum atomic E-state index is -0.182. The zero-order chi connectivity index (χ0) is 20.9. The molecule has 3 amide bonds. The number of hydrogen-bond acceptors (Lipinski definition) is 4. The van der Waals surface area contributed by atoms with Crippen LogP contribution in [0.25, 0.3) is 0 Å². The van der Waals surface area contributed by atoms with Gasteiger partial charge in [0.15, 0.2) is 0 Å². The topological polar surface area (TPSA) is 90.5 Å². The Morgan fingerprint density at radius 3 is 2.04 bits per heavy atom. The molecule has 156 valence electrons. The average molecular weight is 391 g/mol. The normalized spacial score (nSPS) is 11.8. The lowest BCUT2D eigenvalue weighted by molar-refractivity contribution is -0.124. The van der Waals surface area contributed by atoms with E-state index in [0.29, 0.717) is 17.9 Å². The fourth-order valence-corrected chi connectivity index (χ4v) is 2.82. The van der Waals surface area contributed by atoms with Crippen molar-refractivity contribution in [3.63, 3.8) is 0 Å². The van der Waals surface area contributed by atoms with E-state index in [1.165, 1.54) is 13.3 Å². The zero-order valence-electron chi connectivity index (χ0n) is 17.5. The van der Waals surface area contributed by atoms with Gasteiger partial charge in [-0.3, -0.25) is 19.3 Å². The summed E-state index contributed by atoms with van der Waals surface area (Å²) in [4.78, 5) is 37.3. The summed E-state index contributed by atoms with van der Waals surface area (Å²) < 4.78 is 0. The monoisotopic (exact) mass is 390 g/mol. The van der Waals surface area contributed by atoms with Crippen LogP contribution in [0.15, 0.2) is 24.3 Å². The van der Waals surface area contributed by atoms with Gasteiger partial charge >= 0.3 is 0 Å². The van der Waals surface area contributed by atoms with Gasteiger partial charge in [-0.05, 0) is 44.2 Å². The number of amides is 3. The lowest BCUT2D eigenvalue weighted by atomic mass is 10.1. The average Bonchev–Trinajstić information content (AvgIpc) is 2.62. The molecule has 1 rings (SSSR count). The Morgan fingerprint density at radius 2 is 1.50 bits per heavy atom. The number of likely N-dealkylation sites (N-methyl/N-ethyl adjacent to an activating group) is 1. The van der Waals surface area contributed by atoms with Gasteiger partial charge in [-0.2, -0.15) is 0 Å². The largest absolute Gasteiger partial charge is 0.353 e. The fraction of sp³-hybridized carbons (Fsp3) is 0.571. The highest BCUT2D eigenvalue weighted by Crippen LogP contribution is 2.13. The van der Waals surface area contributed by atoms with Crippen molar-refractivity contribution in [3.8, 4) is 0 Å². The molecule has 0 aliphatic carbocycles. The Labute approximate surface area is 168 Å². The van der Waals surface area contributed by atoms with Gasteiger partial charge in [0.05, 0.1) is 13.1 Å². The van der Waals surface area contributed by atoms with E-state index in [-0.39, 0.29) is 36.9 Å². The maximum Gasteiger partial charge on any atom is 0.238 e. The number of hydrogen-bond donors (Lipinski definition) is 3. The molecule has 0 saturated heterocycles. The molecule has 3 N–H and O–H groups in total. The number of anilines is 2. The smallest absolute Gasteiger partial charge is 0.238 e. The predicted molar refractivity (Wildman–Crippen MR) is 113 cm³/mol. The molecule has 0 bridgehead atoms. The van der Waals surface area contributed by atoms with Crippen LogP contribution < -0.4 is 16.0 Å². The summed E-state index contributed by atoms with van der Waals surface area (Å²) >= 11 is 0. The molecule has 28 heavy (non-hydrogen) atoms. The van der Waals surface area contributed by atoms with Crippen molar-refractivity contribution in [3.05, 3.63) is 24.3 Å². The van der Waals surface area contributed by atoms with E-state index in [1.54, 1.807) is 29.2 Å². The molecule has 0 aromatic heterocycles. The second kappa shape index (κ2) is 12.9. The summed E-state index contributed by atoms with van der Waals surface area (Å²) in [5.74, 6) is -0.385. The molecule has 0 aliphatic heterocycles. The van der Waals surface area contributed by atoms with Crippen LogP contribution in [0.4, 0.5) is 11.4 Å². The molecule has 0 aliphatic rings. The Kier molecular flexibility index (Phi) is 10.9. The first-order valence-electron chi connectivity index (χ1n) is 10.0. The number of rotatable bonds is 12. The predicted octanol–water partition coefficient (Wildman–Crippen LogP) is 2.99. The Balaban J connectivity index is 2.43. The van der Waals surface area contributed by atoms with Crippen molar-refractivity contribution in [1.82, 2.24) is 10.2 Å². The lowest BCUT2D eigenvalue weighted by Crippen LogP contribution is -2.43. The van der Waals surface area contributed by atoms with E-state index in [0.717, 1.165) is 19.3 Å². The van der Waals surface area contributed by atoms with E-state index in [4.69, 9.17) is 0 Å². The van der Waals surface area contributed by atoms with Gasteiger partial charge in [0.1, 0.15) is 0 Å². The van der Waals surface area contributed by atoms with Crippen LogP contribution in [-0.4, -0.2) is 48.3 Å². The van der Waals surface area contributed by atoms with Gasteiger partial charge in [0.2, 0.25) is 17.7 Å². The van der Waals surface area contributed by atoms with Gasteiger partial charge < -0.3 is 16.0 Å². The number of carbonyl (C=O) groups excluding carboxylic acids is 3. The highest BCUT2D eigenvalue weighted by Gasteiger charge is 2.15. The van der Waals surface area contributed by atoms with Crippen molar-refractivity contribution in [2.45, 2.75) is 59.4 Å². The zero-order valence-corrected chi connectivity index (χ0v) is 17.5. The van der Waals surface area contributed by atoms with E-state index in [2.05, 4.69) is 22.9 Å². The second-order valence-corrected chi connectivity index (χ2v) is 7.07. The van der Waals surface area contributed by atoms with Crippen molar-refractivity contribution in [2.75, 3.05) is 30.3 Å². The summed E-state index contributed by atoms with van der Waals surface area (Å²) in [6.45, 7) is 8.48. The van der Waals surface area contributed by atoms with Crippen LogP contribution in [0.2, 0.25) is 0 Å². The summed E-state index contributed by atoms with van der Waals surface area (Å²) in [6, 6.07) is 7.05. The van der Waals surface area contributed by atoms with Crippen LogP contribution in [-0.2, 0) is 14.4 Å². The molecular weight excluding hydrogens is 356 g/mol. The van der Waals surface area contributed by atoms with Gasteiger partial charge in [0, 0.05) is 24.3 Å². The maximum atomic E-state index is 12.3. The highest BCUT2D eigenvalue weighted by molar-refractivity contribution is 5.93. The molecule has 0 spiro atoms. The number of nitrogens with zero attached hydrogens (tertiary/aromatic N) is 1. The molecule has 7 heteroatoms. The molecule has 0 radical (unpaired) electrons. The highest BCUT2D eigenvalue weighted by atomic mass is 16.2. The third-order valence-corrected chi connectivity index (χ3v) is 4.32. The fourth-order valence-electron chi connectivity index (χ4n) is 2.82. The summed E-state index contributed by atoms with van der Waals surface area (Å²) in [7, 11) is 0. The second-order valence-electron chi connectivity index (χ2n) is 7.07. The molecule has 0 fully saturated rings. The Bertz CT molecular complexity index is 631. The number of unbranched alkanes of at least 4 members (excludes halogenated alkanes) is 2. The SMILES string of the molecule is CCCCCC(C)NC(=O)CN(CC)CC(=O)Nc1ccc(NC(C)=O)cc1. The molecule has 1 aromatic rings. The first-order chi connectivity index (χ1) is 13.3. The molecule has 0 saturated carbocycles. The van der Waals surface area contributed by atoms with Gasteiger partial charge in [-0.25, -0.2) is 0 Å². The summed E-state index contributed by atoms with van der Waals surface area (Å²) in [5.41, 5.74) is 1.31. The van der Waals surface area contributed by atoms with Crippen LogP contribution in [0, 0.1) is 0 Å². The third kappa shape index (κ3) is 10.1. The molecule has 1 aromatic carbocycles. The Morgan fingerprint density at radius 1 is 0.929 bits per heavy atom. The minimum Gasteiger partial charge on any atom is -0.353 e. The van der Waals surface area contributed by atoms with E-state index in [1.807, 2.05) is 13.8 Å². The van der Waals surface area contributed by atoms with Crippen molar-refractivity contribution < 1.29 is 14.4 Å². The summed E-state index contributed by atoms with van der Waals surface area (Å²) in [6.07, 6.45) is 4.42. The Hall–Kier alpha value is -2.41. The number of nitrogens with one attached hydrogen (secondary N) is 3. The number of benzene rings is 1. The van der Waals surface area contributed by atoms with Crippen molar-refractivity contribution in [1.29, 1.82) is 0 Å². The van der Waals surface area contributed by atoms with Crippen LogP contribution in [0.1, 0.15) is 53.4 Å². The van der Waals surface area contributed by atoms with Crippen molar-refractivity contribution in [2.24, 2.45) is 0 Å². The quantitative estimate of drug-likeness (QED) is 0.479. The van der Waals surface area contributed by atoms with Crippen LogP contribution >= 0.6 is 0 Å². The summed E-state index contributed by atoms with van der Waals surface area (Å²) in [5, 5.41) is 8.49. The standard InChI is InChI=1S/C21H34N4O3/c1-5-7-8-9-16(3)22-20(27)14-25(6-2)15-21(28)24-19-12-10-18(11-13-19)23-17(4)26/h10-13,16H,5-9,14-15H2,1-4H3,(H,22,27)(H,23,26)(H,24,28). The number of carbonyl (C=O) groups is 3. The molecular formula is C21H34N4O3. The van der Waals surface area contributed by atoms with Crippen LogP contribution in [0.3, 0.4) is 0 Å². The van der Waals surface area contributed by atoms with Gasteiger partial charge in [0.25, 0.3) is 0 Å². The molecule has 7 nitrogen and oxygen atoms in total. The minimum absolute atomic E-state index is 0.0571. The van der Waals surface area contributed by atoms with Gasteiger partial charge in [-0.1, -0.05) is 33.1 Å². The molecule has 1 atom stereocenters. The van der Waals surface area contributed by atoms with Gasteiger partial charge in [-0.15, -0.1) is 0 Å². The first-order valence-corrected chi connectivity index (χ1v) is 10.0. The maximum absolute atomic E-state index is 12.3. The van der Waals surface area contributed by atoms with E-state index >= 15 is 0 Å². The third-order valence-electron chi connectivity index (χ3n) is 4.32. The van der Waals surface area contributed by atoms with E-state index < -0.39 is 0 Å². The van der Waals surface area contributed by atoms with Crippen molar-refractivity contribution >= 4 is 29.1 Å².